The van der Waals surface area contributed by atoms with Gasteiger partial charge in [0.2, 0.25) is 0 Å². The lowest BCUT2D eigenvalue weighted by Crippen LogP contribution is -2.15. The molecule has 0 aromatic heterocycles. The van der Waals surface area contributed by atoms with Gasteiger partial charge in [-0.15, -0.1) is 0 Å². The third-order valence-electron chi connectivity index (χ3n) is 1.54. The molecule has 0 saturated carbocycles. The fourth-order valence-electron chi connectivity index (χ4n) is 0.965. The van der Waals surface area contributed by atoms with Gasteiger partial charge in [0.1, 0.15) is 6.42 Å². The third kappa shape index (κ3) is 3.03. The first-order chi connectivity index (χ1) is 6.40. The van der Waals surface area contributed by atoms with Gasteiger partial charge < -0.3 is 0 Å². The monoisotopic (exact) mass is 222 g/mol. The van der Waals surface area contributed by atoms with Crippen LogP contribution in [0.25, 0.3) is 0 Å². The SMILES string of the molecule is O=C(CC(F)(F)F)c1ccccc1Cl. The van der Waals surface area contributed by atoms with E-state index >= 15 is 0 Å². The van der Waals surface area contributed by atoms with Gasteiger partial charge in [-0.05, 0) is 12.1 Å². The van der Waals surface area contributed by atoms with Gasteiger partial charge in [0.15, 0.2) is 5.78 Å². The predicted octanol–water partition coefficient (Wildman–Crippen LogP) is 3.48. The van der Waals surface area contributed by atoms with Crippen molar-refractivity contribution in [2.24, 2.45) is 0 Å². The minimum atomic E-state index is -4.49. The second kappa shape index (κ2) is 4.00. The molecule has 14 heavy (non-hydrogen) atoms. The third-order valence-corrected chi connectivity index (χ3v) is 1.86. The van der Waals surface area contributed by atoms with E-state index in [0.29, 0.717) is 0 Å². The molecule has 76 valence electrons. The normalized spacial score (nSPS) is 11.4. The van der Waals surface area contributed by atoms with E-state index in [9.17, 15) is 18.0 Å². The lowest BCUT2D eigenvalue weighted by atomic mass is 10.1. The second-order valence-electron chi connectivity index (χ2n) is 2.69. The van der Waals surface area contributed by atoms with E-state index in [1.165, 1.54) is 18.2 Å². The molecule has 0 fully saturated rings. The van der Waals surface area contributed by atoms with Crippen LogP contribution in [0.4, 0.5) is 13.2 Å². The van der Waals surface area contributed by atoms with Crippen LogP contribution in [0.3, 0.4) is 0 Å². The maximum atomic E-state index is 11.9. The summed E-state index contributed by atoms with van der Waals surface area (Å²) in [4.78, 5) is 11.1. The van der Waals surface area contributed by atoms with Crippen molar-refractivity contribution in [1.29, 1.82) is 0 Å². The molecular formula is C9H6ClF3O. The molecule has 0 N–H and O–H groups in total. The van der Waals surface area contributed by atoms with Crippen molar-refractivity contribution in [3.05, 3.63) is 34.9 Å². The number of carbonyl (C=O) groups is 1. The van der Waals surface area contributed by atoms with Gasteiger partial charge in [-0.2, -0.15) is 13.2 Å². The number of hydrogen-bond donors (Lipinski definition) is 0. The van der Waals surface area contributed by atoms with E-state index < -0.39 is 18.4 Å². The highest BCUT2D eigenvalue weighted by Crippen LogP contribution is 2.24. The van der Waals surface area contributed by atoms with Crippen LogP contribution in [0.1, 0.15) is 16.8 Å². The smallest absolute Gasteiger partial charge is 0.294 e. The molecule has 0 saturated heterocycles. The molecule has 0 radical (unpaired) electrons. The van der Waals surface area contributed by atoms with Gasteiger partial charge in [0.05, 0.1) is 5.02 Å². The molecule has 1 aromatic rings. The van der Waals surface area contributed by atoms with E-state index in [0.717, 1.165) is 0 Å². The van der Waals surface area contributed by atoms with Gasteiger partial charge in [0, 0.05) is 5.56 Å². The number of carbonyl (C=O) groups excluding carboxylic acids is 1. The second-order valence-corrected chi connectivity index (χ2v) is 3.10. The van der Waals surface area contributed by atoms with Crippen molar-refractivity contribution in [1.82, 2.24) is 0 Å². The number of Topliss-reactive ketones (excluding diaryl/α,β-unsaturated/α-hetero) is 1. The molecule has 1 nitrogen and oxygen atoms in total. The first kappa shape index (κ1) is 11.0. The van der Waals surface area contributed by atoms with Crippen molar-refractivity contribution >= 4 is 17.4 Å². The molecule has 1 aromatic carbocycles. The van der Waals surface area contributed by atoms with Crippen molar-refractivity contribution < 1.29 is 18.0 Å². The average Bonchev–Trinajstić information content (AvgIpc) is 2.01. The van der Waals surface area contributed by atoms with Gasteiger partial charge >= 0.3 is 6.18 Å². The number of ketones is 1. The Morgan fingerprint density at radius 3 is 2.36 bits per heavy atom. The molecule has 0 aliphatic heterocycles. The Morgan fingerprint density at radius 1 is 1.29 bits per heavy atom. The highest BCUT2D eigenvalue weighted by Gasteiger charge is 2.32. The van der Waals surface area contributed by atoms with Crippen LogP contribution in [-0.2, 0) is 0 Å². The molecule has 0 heterocycles. The fourth-order valence-corrected chi connectivity index (χ4v) is 1.21. The summed E-state index contributed by atoms with van der Waals surface area (Å²) in [7, 11) is 0. The largest absolute Gasteiger partial charge is 0.396 e. The Balaban J connectivity index is 2.86. The quantitative estimate of drug-likeness (QED) is 0.701. The Labute approximate surface area is 83.5 Å². The number of benzene rings is 1. The van der Waals surface area contributed by atoms with Crippen molar-refractivity contribution in [2.75, 3.05) is 0 Å². The van der Waals surface area contributed by atoms with Crippen molar-refractivity contribution in [2.45, 2.75) is 12.6 Å². The zero-order valence-electron chi connectivity index (χ0n) is 6.94. The van der Waals surface area contributed by atoms with Crippen molar-refractivity contribution in [3.8, 4) is 0 Å². The van der Waals surface area contributed by atoms with Crippen LogP contribution in [0.15, 0.2) is 24.3 Å². The molecule has 0 bridgehead atoms. The first-order valence-electron chi connectivity index (χ1n) is 3.74. The molecule has 5 heteroatoms. The van der Waals surface area contributed by atoms with Crippen LogP contribution < -0.4 is 0 Å². The van der Waals surface area contributed by atoms with Gasteiger partial charge in [-0.25, -0.2) is 0 Å². The minimum Gasteiger partial charge on any atom is -0.294 e. The zero-order valence-corrected chi connectivity index (χ0v) is 7.69. The van der Waals surface area contributed by atoms with Gasteiger partial charge in [-0.1, -0.05) is 23.7 Å². The minimum absolute atomic E-state index is 0.0433. The summed E-state index contributed by atoms with van der Waals surface area (Å²) >= 11 is 5.56. The van der Waals surface area contributed by atoms with E-state index in [2.05, 4.69) is 0 Å². The van der Waals surface area contributed by atoms with Gasteiger partial charge in [0.25, 0.3) is 0 Å². The molecule has 0 atom stereocenters. The maximum Gasteiger partial charge on any atom is 0.396 e. The summed E-state index contributed by atoms with van der Waals surface area (Å²) in [5, 5.41) is 0.0433. The predicted molar refractivity (Wildman–Crippen MR) is 46.5 cm³/mol. The highest BCUT2D eigenvalue weighted by atomic mass is 35.5. The summed E-state index contributed by atoms with van der Waals surface area (Å²) in [6.07, 6.45) is -5.97. The Morgan fingerprint density at radius 2 is 1.86 bits per heavy atom. The lowest BCUT2D eigenvalue weighted by Gasteiger charge is -2.06. The van der Waals surface area contributed by atoms with E-state index in [4.69, 9.17) is 11.6 Å². The van der Waals surface area contributed by atoms with E-state index in [1.807, 2.05) is 0 Å². The molecule has 0 aliphatic rings. The standard InChI is InChI=1S/C9H6ClF3O/c10-7-4-2-1-3-6(7)8(14)5-9(11,12)13/h1-4H,5H2. The zero-order chi connectivity index (χ0) is 10.8. The summed E-state index contributed by atoms with van der Waals surface area (Å²) in [6, 6.07) is 5.67. The average molecular weight is 223 g/mol. The molecule has 0 amide bonds. The fraction of sp³-hybridized carbons (Fsp3) is 0.222. The maximum absolute atomic E-state index is 11.9. The summed E-state index contributed by atoms with van der Waals surface area (Å²) in [5.41, 5.74) is -0.0912. The van der Waals surface area contributed by atoms with Gasteiger partial charge in [-0.3, -0.25) is 4.79 Å². The molecular weight excluding hydrogens is 217 g/mol. The van der Waals surface area contributed by atoms with E-state index in [-0.39, 0.29) is 10.6 Å². The first-order valence-corrected chi connectivity index (χ1v) is 4.12. The number of halogens is 4. The van der Waals surface area contributed by atoms with Crippen LogP contribution in [-0.4, -0.2) is 12.0 Å². The molecule has 0 unspecified atom stereocenters. The van der Waals surface area contributed by atoms with Crippen LogP contribution >= 0.6 is 11.6 Å². The number of hydrogen-bond acceptors (Lipinski definition) is 1. The van der Waals surface area contributed by atoms with E-state index in [1.54, 1.807) is 6.07 Å². The summed E-state index contributed by atoms with van der Waals surface area (Å²) in [6.45, 7) is 0. The summed E-state index contributed by atoms with van der Waals surface area (Å²) in [5.74, 6) is -1.01. The molecule has 0 aliphatic carbocycles. The number of alkyl halides is 3. The van der Waals surface area contributed by atoms with Crippen LogP contribution in [0.5, 0.6) is 0 Å². The Kier molecular flexibility index (Phi) is 3.16. The van der Waals surface area contributed by atoms with Crippen LogP contribution in [0.2, 0.25) is 5.02 Å². The summed E-state index contributed by atoms with van der Waals surface area (Å²) < 4.78 is 35.6. The highest BCUT2D eigenvalue weighted by molar-refractivity contribution is 6.33. The molecule has 0 spiro atoms. The lowest BCUT2D eigenvalue weighted by molar-refractivity contribution is -0.125. The Bertz CT molecular complexity index is 346. The Hall–Kier alpha value is -1.03. The molecule has 1 rings (SSSR count). The van der Waals surface area contributed by atoms with Crippen LogP contribution in [0, 0.1) is 0 Å². The topological polar surface area (TPSA) is 17.1 Å². The number of rotatable bonds is 2. The van der Waals surface area contributed by atoms with Crippen molar-refractivity contribution in [3.63, 3.8) is 0 Å².